The third-order valence-electron chi connectivity index (χ3n) is 3.80. The Morgan fingerprint density at radius 3 is 2.68 bits per heavy atom. The lowest BCUT2D eigenvalue weighted by Gasteiger charge is -2.08. The summed E-state index contributed by atoms with van der Waals surface area (Å²) in [5, 5.41) is 18.2. The van der Waals surface area contributed by atoms with Crippen LogP contribution in [-0.4, -0.2) is 43.8 Å². The Hall–Kier alpha value is -2.94. The van der Waals surface area contributed by atoms with E-state index in [0.717, 1.165) is 21.1 Å². The van der Waals surface area contributed by atoms with Crippen molar-refractivity contribution >= 4 is 16.3 Å². The van der Waals surface area contributed by atoms with Crippen LogP contribution in [0.2, 0.25) is 0 Å². The van der Waals surface area contributed by atoms with Gasteiger partial charge >= 0.3 is 0 Å². The smallest absolute Gasteiger partial charge is 0.234 e. The number of fused-ring (bicyclic) bond motifs is 1. The minimum absolute atomic E-state index is 0.681. The van der Waals surface area contributed by atoms with Gasteiger partial charge in [-0.3, -0.25) is 4.68 Å². The van der Waals surface area contributed by atoms with Crippen LogP contribution in [0.25, 0.3) is 16.3 Å². The van der Waals surface area contributed by atoms with Crippen LogP contribution in [0.1, 0.15) is 10.6 Å². The van der Waals surface area contributed by atoms with Crippen LogP contribution in [-0.2, 0) is 13.5 Å². The van der Waals surface area contributed by atoms with Crippen LogP contribution in [0.3, 0.4) is 0 Å². The number of aryl methyl sites for hydroxylation is 1. The molecule has 1 aromatic carbocycles. The Morgan fingerprint density at radius 1 is 1.12 bits per heavy atom. The molecule has 0 amide bonds. The minimum Gasteiger partial charge on any atom is -0.493 e. The highest BCUT2D eigenvalue weighted by Gasteiger charge is 2.15. The topological polar surface area (TPSA) is 79.4 Å². The summed E-state index contributed by atoms with van der Waals surface area (Å²) in [6.07, 6.45) is 4.33. The van der Waals surface area contributed by atoms with Crippen LogP contribution in [0.5, 0.6) is 11.5 Å². The van der Waals surface area contributed by atoms with Crippen molar-refractivity contribution in [1.82, 2.24) is 29.6 Å². The normalized spacial score (nSPS) is 11.2. The summed E-state index contributed by atoms with van der Waals surface area (Å²) in [6, 6.07) is 5.87. The fourth-order valence-corrected chi connectivity index (χ4v) is 3.48. The van der Waals surface area contributed by atoms with Crippen molar-refractivity contribution in [2.45, 2.75) is 6.42 Å². The van der Waals surface area contributed by atoms with Crippen molar-refractivity contribution in [3.05, 3.63) is 41.2 Å². The maximum Gasteiger partial charge on any atom is 0.234 e. The molecule has 4 aromatic rings. The summed E-state index contributed by atoms with van der Waals surface area (Å²) in [6.45, 7) is 0. The van der Waals surface area contributed by atoms with Crippen molar-refractivity contribution in [1.29, 1.82) is 0 Å². The first-order chi connectivity index (χ1) is 12.2. The van der Waals surface area contributed by atoms with Crippen LogP contribution in [0.4, 0.5) is 0 Å². The Balaban J connectivity index is 1.66. The molecule has 0 N–H and O–H groups in total. The first kappa shape index (κ1) is 15.6. The third-order valence-corrected chi connectivity index (χ3v) is 4.70. The molecule has 0 radical (unpaired) electrons. The molecular formula is C16H16N6O2S. The molecule has 0 bridgehead atoms. The Bertz CT molecular complexity index is 1030. The lowest BCUT2D eigenvalue weighted by Crippen LogP contribution is -1.95. The van der Waals surface area contributed by atoms with Gasteiger partial charge in [-0.15, -0.1) is 10.2 Å². The lowest BCUT2D eigenvalue weighted by atomic mass is 10.1. The van der Waals surface area contributed by atoms with Crippen molar-refractivity contribution in [2.24, 2.45) is 7.05 Å². The number of benzene rings is 1. The number of aromatic nitrogens is 6. The van der Waals surface area contributed by atoms with E-state index in [4.69, 9.17) is 9.47 Å². The van der Waals surface area contributed by atoms with Crippen molar-refractivity contribution in [2.75, 3.05) is 14.2 Å². The van der Waals surface area contributed by atoms with Gasteiger partial charge in [0, 0.05) is 19.7 Å². The highest BCUT2D eigenvalue weighted by atomic mass is 32.1. The second kappa shape index (κ2) is 6.17. The Kier molecular flexibility index (Phi) is 3.85. The molecule has 8 nitrogen and oxygen atoms in total. The number of hydrogen-bond donors (Lipinski definition) is 0. The van der Waals surface area contributed by atoms with Gasteiger partial charge in [-0.2, -0.15) is 14.7 Å². The highest BCUT2D eigenvalue weighted by molar-refractivity contribution is 7.16. The summed E-state index contributed by atoms with van der Waals surface area (Å²) in [5.74, 6) is 2.11. The zero-order valence-corrected chi connectivity index (χ0v) is 14.8. The van der Waals surface area contributed by atoms with E-state index in [1.807, 2.05) is 31.4 Å². The molecule has 0 unspecified atom stereocenters. The van der Waals surface area contributed by atoms with Gasteiger partial charge in [-0.05, 0) is 17.7 Å². The zero-order valence-electron chi connectivity index (χ0n) is 14.0. The zero-order chi connectivity index (χ0) is 17.4. The highest BCUT2D eigenvalue weighted by Crippen LogP contribution is 2.29. The molecule has 3 heterocycles. The fraction of sp³-hybridized carbons (Fsp3) is 0.250. The number of nitrogens with zero attached hydrogens (tertiary/aromatic N) is 6. The Morgan fingerprint density at radius 2 is 1.96 bits per heavy atom. The molecule has 0 aliphatic carbocycles. The molecule has 25 heavy (non-hydrogen) atoms. The van der Waals surface area contributed by atoms with E-state index in [-0.39, 0.29) is 0 Å². The van der Waals surface area contributed by atoms with Gasteiger partial charge in [0.25, 0.3) is 0 Å². The van der Waals surface area contributed by atoms with E-state index >= 15 is 0 Å². The van der Waals surface area contributed by atoms with Gasteiger partial charge in [0.15, 0.2) is 17.3 Å². The van der Waals surface area contributed by atoms with Gasteiger partial charge in [0.1, 0.15) is 5.01 Å². The van der Waals surface area contributed by atoms with Crippen LogP contribution >= 0.6 is 11.3 Å². The average molecular weight is 356 g/mol. The SMILES string of the molecule is COc1ccc(Cc2nn3c(-c4cnn(C)c4)nnc3s2)cc1OC. The fourth-order valence-electron chi connectivity index (χ4n) is 2.61. The van der Waals surface area contributed by atoms with Gasteiger partial charge in [0.2, 0.25) is 4.96 Å². The van der Waals surface area contributed by atoms with E-state index in [9.17, 15) is 0 Å². The van der Waals surface area contributed by atoms with Crippen molar-refractivity contribution < 1.29 is 9.47 Å². The van der Waals surface area contributed by atoms with Gasteiger partial charge in [-0.1, -0.05) is 17.4 Å². The first-order valence-electron chi connectivity index (χ1n) is 7.59. The second-order valence-electron chi connectivity index (χ2n) is 5.48. The molecule has 128 valence electrons. The van der Waals surface area contributed by atoms with Crippen LogP contribution in [0.15, 0.2) is 30.6 Å². The third kappa shape index (κ3) is 2.82. The number of hydrogen-bond acceptors (Lipinski definition) is 7. The van der Waals surface area contributed by atoms with Crippen molar-refractivity contribution in [3.8, 4) is 22.9 Å². The molecular weight excluding hydrogens is 340 g/mol. The first-order valence-corrected chi connectivity index (χ1v) is 8.40. The van der Waals surface area contributed by atoms with E-state index in [1.54, 1.807) is 29.6 Å². The average Bonchev–Trinajstić information content (AvgIpc) is 3.30. The predicted octanol–water partition coefficient (Wildman–Crippen LogP) is 2.19. The number of ether oxygens (including phenoxy) is 2. The molecule has 3 aromatic heterocycles. The maximum atomic E-state index is 5.36. The molecule has 9 heteroatoms. The minimum atomic E-state index is 0.681. The maximum absolute atomic E-state index is 5.36. The summed E-state index contributed by atoms with van der Waals surface area (Å²) >= 11 is 1.52. The summed E-state index contributed by atoms with van der Waals surface area (Å²) < 4.78 is 14.1. The molecule has 4 rings (SSSR count). The molecule has 0 fully saturated rings. The molecule has 0 atom stereocenters. The van der Waals surface area contributed by atoms with E-state index in [2.05, 4.69) is 20.4 Å². The van der Waals surface area contributed by atoms with Crippen LogP contribution < -0.4 is 9.47 Å². The summed E-state index contributed by atoms with van der Waals surface area (Å²) in [7, 11) is 5.12. The number of rotatable bonds is 5. The molecule has 0 aliphatic heterocycles. The van der Waals surface area contributed by atoms with E-state index in [0.29, 0.717) is 23.7 Å². The summed E-state index contributed by atoms with van der Waals surface area (Å²) in [5.41, 5.74) is 1.98. The van der Waals surface area contributed by atoms with Crippen LogP contribution in [0, 0.1) is 0 Å². The molecule has 0 saturated heterocycles. The molecule has 0 saturated carbocycles. The molecule has 0 aliphatic rings. The number of methoxy groups -OCH3 is 2. The largest absolute Gasteiger partial charge is 0.493 e. The van der Waals surface area contributed by atoms with Gasteiger partial charge < -0.3 is 9.47 Å². The quantitative estimate of drug-likeness (QED) is 0.545. The van der Waals surface area contributed by atoms with Gasteiger partial charge in [0.05, 0.1) is 26.0 Å². The van der Waals surface area contributed by atoms with Crippen molar-refractivity contribution in [3.63, 3.8) is 0 Å². The molecule has 0 spiro atoms. The lowest BCUT2D eigenvalue weighted by molar-refractivity contribution is 0.354. The predicted molar refractivity (Wildman–Crippen MR) is 93.2 cm³/mol. The van der Waals surface area contributed by atoms with Gasteiger partial charge in [-0.25, -0.2) is 0 Å². The van der Waals surface area contributed by atoms with E-state index in [1.165, 1.54) is 11.3 Å². The second-order valence-corrected chi connectivity index (χ2v) is 6.52. The monoisotopic (exact) mass is 356 g/mol. The van der Waals surface area contributed by atoms with E-state index < -0.39 is 0 Å². The Labute approximate surface area is 147 Å². The summed E-state index contributed by atoms with van der Waals surface area (Å²) in [4.78, 5) is 0.759. The standard InChI is InChI=1S/C16H16N6O2S/c1-21-9-11(8-17-21)15-18-19-16-22(15)20-14(25-16)7-10-4-5-12(23-2)13(6-10)24-3/h4-6,8-9H,7H2,1-3H3.